The van der Waals surface area contributed by atoms with Crippen molar-refractivity contribution in [1.29, 1.82) is 0 Å². The first kappa shape index (κ1) is 22.8. The minimum absolute atomic E-state index is 0.0225. The van der Waals surface area contributed by atoms with Crippen molar-refractivity contribution in [2.45, 2.75) is 25.3 Å². The Labute approximate surface area is 186 Å². The van der Waals surface area contributed by atoms with E-state index >= 15 is 0 Å². The van der Waals surface area contributed by atoms with Gasteiger partial charge in [-0.1, -0.05) is 29.8 Å². The fraction of sp³-hybridized carbons (Fsp3) is 0.273. The first-order valence-corrected chi connectivity index (χ1v) is 11.9. The van der Waals surface area contributed by atoms with E-state index in [1.807, 2.05) is 13.8 Å². The van der Waals surface area contributed by atoms with Gasteiger partial charge in [-0.2, -0.15) is 0 Å². The first-order chi connectivity index (χ1) is 14.7. The fourth-order valence-corrected chi connectivity index (χ4v) is 4.89. The van der Waals surface area contributed by atoms with Crippen LogP contribution < -0.4 is 5.32 Å². The van der Waals surface area contributed by atoms with E-state index in [-0.39, 0.29) is 17.3 Å². The zero-order valence-corrected chi connectivity index (χ0v) is 18.9. The van der Waals surface area contributed by atoms with Gasteiger partial charge in [-0.25, -0.2) is 8.42 Å². The third kappa shape index (κ3) is 5.26. The number of carbonyl (C=O) groups is 2. The Kier molecular flexibility index (Phi) is 7.02. The number of para-hydroxylation sites is 1. The lowest BCUT2D eigenvalue weighted by Gasteiger charge is -2.19. The smallest absolute Gasteiger partial charge is 0.242 e. The van der Waals surface area contributed by atoms with Crippen LogP contribution in [0.4, 0.5) is 5.69 Å². The summed E-state index contributed by atoms with van der Waals surface area (Å²) in [5, 5.41) is 3.56. The van der Waals surface area contributed by atoms with Crippen LogP contribution in [0, 0.1) is 0 Å². The van der Waals surface area contributed by atoms with Crippen LogP contribution in [0.5, 0.6) is 0 Å². The number of amides is 2. The average molecular weight is 462 g/mol. The summed E-state index contributed by atoms with van der Waals surface area (Å²) in [7, 11) is -3.94. The van der Waals surface area contributed by atoms with E-state index in [0.717, 1.165) is 0 Å². The Morgan fingerprint density at radius 1 is 1.03 bits per heavy atom. The highest BCUT2D eigenvalue weighted by Crippen LogP contribution is 2.27. The van der Waals surface area contributed by atoms with E-state index in [2.05, 4.69) is 5.32 Å². The van der Waals surface area contributed by atoms with Crippen molar-refractivity contribution in [3.8, 4) is 0 Å². The highest BCUT2D eigenvalue weighted by atomic mass is 35.5. The summed E-state index contributed by atoms with van der Waals surface area (Å²) >= 11 is 5.83. The van der Waals surface area contributed by atoms with Crippen molar-refractivity contribution in [3.63, 3.8) is 0 Å². The van der Waals surface area contributed by atoms with Crippen molar-refractivity contribution >= 4 is 49.8 Å². The summed E-state index contributed by atoms with van der Waals surface area (Å²) in [5.74, 6) is -1.47. The molecule has 9 heteroatoms. The number of nitrogens with one attached hydrogen (secondary N) is 1. The standard InChI is InChI=1S/C22H24ClN3O4S/c1-3-25(4-2)22(28)14-26-13-20(18-7-5-6-8-19(18)26)31(29,30)15-21(27)24-17-11-9-16(23)10-12-17/h5-13H,3-4,14-15H2,1-2H3,(H,24,27). The van der Waals surface area contributed by atoms with E-state index in [4.69, 9.17) is 11.6 Å². The molecule has 0 aliphatic rings. The number of carbonyl (C=O) groups excluding carboxylic acids is 2. The van der Waals surface area contributed by atoms with Crippen molar-refractivity contribution in [2.75, 3.05) is 24.2 Å². The van der Waals surface area contributed by atoms with Crippen LogP contribution in [0.1, 0.15) is 13.8 Å². The van der Waals surface area contributed by atoms with Crippen LogP contribution in [0.2, 0.25) is 5.02 Å². The summed E-state index contributed by atoms with van der Waals surface area (Å²) in [6, 6.07) is 13.3. The van der Waals surface area contributed by atoms with Crippen molar-refractivity contribution < 1.29 is 18.0 Å². The summed E-state index contributed by atoms with van der Waals surface area (Å²) in [6.45, 7) is 4.96. The van der Waals surface area contributed by atoms with Gasteiger partial charge in [0.2, 0.25) is 11.8 Å². The van der Waals surface area contributed by atoms with E-state index in [9.17, 15) is 18.0 Å². The highest BCUT2D eigenvalue weighted by Gasteiger charge is 2.25. The molecule has 0 atom stereocenters. The number of rotatable bonds is 8. The quantitative estimate of drug-likeness (QED) is 0.555. The zero-order valence-electron chi connectivity index (χ0n) is 17.3. The van der Waals surface area contributed by atoms with Crippen LogP contribution in [-0.2, 0) is 26.0 Å². The maximum atomic E-state index is 13.1. The Balaban J connectivity index is 1.87. The number of hydrogen-bond donors (Lipinski definition) is 1. The zero-order chi connectivity index (χ0) is 22.6. The topological polar surface area (TPSA) is 88.5 Å². The molecule has 0 spiro atoms. The van der Waals surface area contributed by atoms with Gasteiger partial charge >= 0.3 is 0 Å². The molecule has 1 N–H and O–H groups in total. The molecular formula is C22H24ClN3O4S. The molecule has 7 nitrogen and oxygen atoms in total. The number of likely N-dealkylation sites (N-methyl/N-ethyl adjacent to an activating group) is 1. The molecule has 3 aromatic rings. The van der Waals surface area contributed by atoms with E-state index < -0.39 is 21.5 Å². The largest absolute Gasteiger partial charge is 0.342 e. The molecule has 1 heterocycles. The second-order valence-corrected chi connectivity index (χ2v) is 9.41. The van der Waals surface area contributed by atoms with Crippen molar-refractivity contribution in [3.05, 3.63) is 59.8 Å². The Hall–Kier alpha value is -2.84. The molecule has 2 amide bonds. The van der Waals surface area contributed by atoms with Gasteiger partial charge in [-0.3, -0.25) is 9.59 Å². The van der Waals surface area contributed by atoms with Gasteiger partial charge in [-0.15, -0.1) is 0 Å². The number of nitrogens with zero attached hydrogens (tertiary/aromatic N) is 2. The van der Waals surface area contributed by atoms with Crippen molar-refractivity contribution in [1.82, 2.24) is 9.47 Å². The molecule has 0 saturated heterocycles. The summed E-state index contributed by atoms with van der Waals surface area (Å²) in [4.78, 5) is 26.7. The van der Waals surface area contributed by atoms with Gasteiger partial charge in [0.15, 0.2) is 9.84 Å². The lowest BCUT2D eigenvalue weighted by Crippen LogP contribution is -2.33. The van der Waals surface area contributed by atoms with E-state index in [1.165, 1.54) is 6.20 Å². The summed E-state index contributed by atoms with van der Waals surface area (Å²) in [5.41, 5.74) is 1.08. The first-order valence-electron chi connectivity index (χ1n) is 9.89. The van der Waals surface area contributed by atoms with Crippen LogP contribution in [0.15, 0.2) is 59.6 Å². The average Bonchev–Trinajstić information content (AvgIpc) is 3.10. The van der Waals surface area contributed by atoms with Gasteiger partial charge in [0.25, 0.3) is 0 Å². The molecule has 2 aromatic carbocycles. The fourth-order valence-electron chi connectivity index (χ4n) is 3.39. The Morgan fingerprint density at radius 2 is 1.68 bits per heavy atom. The SMILES string of the molecule is CCN(CC)C(=O)Cn1cc(S(=O)(=O)CC(=O)Nc2ccc(Cl)cc2)c2ccccc21. The van der Waals surface area contributed by atoms with E-state index in [0.29, 0.717) is 34.7 Å². The molecule has 3 rings (SSSR count). The van der Waals surface area contributed by atoms with E-state index in [1.54, 1.807) is 58.0 Å². The van der Waals surface area contributed by atoms with Crippen molar-refractivity contribution in [2.24, 2.45) is 0 Å². The molecule has 0 bridgehead atoms. The second-order valence-electron chi connectivity index (χ2n) is 7.02. The number of benzene rings is 2. The molecule has 0 radical (unpaired) electrons. The monoisotopic (exact) mass is 461 g/mol. The summed E-state index contributed by atoms with van der Waals surface area (Å²) in [6.07, 6.45) is 1.44. The third-order valence-corrected chi connectivity index (χ3v) is 6.85. The van der Waals surface area contributed by atoms with Crippen LogP contribution >= 0.6 is 11.6 Å². The predicted molar refractivity (Wildman–Crippen MR) is 122 cm³/mol. The molecule has 0 fully saturated rings. The molecule has 0 saturated carbocycles. The lowest BCUT2D eigenvalue weighted by atomic mass is 10.2. The van der Waals surface area contributed by atoms with Gasteiger partial charge in [-0.05, 0) is 44.2 Å². The minimum Gasteiger partial charge on any atom is -0.342 e. The Morgan fingerprint density at radius 3 is 2.32 bits per heavy atom. The van der Waals surface area contributed by atoms with Gasteiger partial charge in [0.05, 0.1) is 4.90 Å². The van der Waals surface area contributed by atoms with Crippen LogP contribution in [0.25, 0.3) is 10.9 Å². The molecule has 0 unspecified atom stereocenters. The number of anilines is 1. The third-order valence-electron chi connectivity index (χ3n) is 4.96. The van der Waals surface area contributed by atoms with Gasteiger partial charge in [0, 0.05) is 40.9 Å². The normalized spacial score (nSPS) is 11.5. The number of fused-ring (bicyclic) bond motifs is 1. The van der Waals surface area contributed by atoms with Crippen LogP contribution in [0.3, 0.4) is 0 Å². The molecular weight excluding hydrogens is 438 g/mol. The molecule has 164 valence electrons. The lowest BCUT2D eigenvalue weighted by molar-refractivity contribution is -0.131. The maximum absolute atomic E-state index is 13.1. The highest BCUT2D eigenvalue weighted by molar-refractivity contribution is 7.92. The number of aromatic nitrogens is 1. The van der Waals surface area contributed by atoms with Gasteiger partial charge in [0.1, 0.15) is 12.3 Å². The summed E-state index contributed by atoms with van der Waals surface area (Å²) < 4.78 is 27.7. The minimum atomic E-state index is -3.94. The second kappa shape index (κ2) is 9.53. The molecule has 0 aliphatic heterocycles. The number of sulfone groups is 1. The van der Waals surface area contributed by atoms with Crippen LogP contribution in [-0.4, -0.2) is 48.5 Å². The Bertz CT molecular complexity index is 1200. The number of hydrogen-bond acceptors (Lipinski definition) is 4. The van der Waals surface area contributed by atoms with Gasteiger partial charge < -0.3 is 14.8 Å². The predicted octanol–water partition coefficient (Wildman–Crippen LogP) is 3.58. The number of halogens is 1. The molecule has 1 aromatic heterocycles. The maximum Gasteiger partial charge on any atom is 0.242 e. The molecule has 31 heavy (non-hydrogen) atoms. The molecule has 0 aliphatic carbocycles.